The van der Waals surface area contributed by atoms with E-state index in [2.05, 4.69) is 32.9 Å². The van der Waals surface area contributed by atoms with Crippen molar-refractivity contribution in [2.24, 2.45) is 0 Å². The maximum atomic E-state index is 10.0. The van der Waals surface area contributed by atoms with Gasteiger partial charge < -0.3 is 24.6 Å². The molecule has 4 rings (SSSR count). The highest BCUT2D eigenvalue weighted by atomic mass is 32.2. The van der Waals surface area contributed by atoms with Crippen LogP contribution in [0.3, 0.4) is 0 Å². The summed E-state index contributed by atoms with van der Waals surface area (Å²) in [6.07, 6.45) is 1.53. The van der Waals surface area contributed by atoms with E-state index >= 15 is 0 Å². The van der Waals surface area contributed by atoms with Crippen LogP contribution in [0.2, 0.25) is 0 Å². The highest BCUT2D eigenvalue weighted by Gasteiger charge is 2.25. The normalized spacial score (nSPS) is 15.4. The lowest BCUT2D eigenvalue weighted by atomic mass is 10.0. The Balaban J connectivity index is 1.73. The van der Waals surface area contributed by atoms with Gasteiger partial charge in [0.15, 0.2) is 5.82 Å². The van der Waals surface area contributed by atoms with Crippen LogP contribution >= 0.6 is 11.9 Å². The van der Waals surface area contributed by atoms with Crippen LogP contribution in [0.4, 0.5) is 5.82 Å². The molecule has 1 aliphatic rings. The predicted molar refractivity (Wildman–Crippen MR) is 140 cm³/mol. The fourth-order valence-corrected chi connectivity index (χ4v) is 4.83. The Morgan fingerprint density at radius 3 is 2.60 bits per heavy atom. The first-order chi connectivity index (χ1) is 16.9. The monoisotopic (exact) mass is 498 g/mol. The van der Waals surface area contributed by atoms with Gasteiger partial charge in [0.05, 0.1) is 17.0 Å². The van der Waals surface area contributed by atoms with Gasteiger partial charge in [-0.3, -0.25) is 0 Å². The summed E-state index contributed by atoms with van der Waals surface area (Å²) in [4.78, 5) is 12.4. The number of piperazine rings is 1. The van der Waals surface area contributed by atoms with Gasteiger partial charge in [-0.05, 0) is 46.2 Å². The van der Waals surface area contributed by atoms with Gasteiger partial charge in [0.1, 0.15) is 30.0 Å². The molecule has 3 heterocycles. The molecule has 2 aromatic heterocycles. The minimum absolute atomic E-state index is 0.203. The SMILES string of the molecule is CNCC(O)COc1cccc(-c2nc(-c3c(C)noc3C)c(C)c(N3CCN(SC)CC3)n2)c1. The third-order valence-corrected chi connectivity index (χ3v) is 7.04. The number of anilines is 1. The topological polar surface area (TPSA) is 99.8 Å². The van der Waals surface area contributed by atoms with Crippen LogP contribution in [0.15, 0.2) is 28.8 Å². The highest BCUT2D eigenvalue weighted by Crippen LogP contribution is 2.35. The largest absolute Gasteiger partial charge is 0.491 e. The Morgan fingerprint density at radius 1 is 1.17 bits per heavy atom. The summed E-state index contributed by atoms with van der Waals surface area (Å²) >= 11 is 1.78. The van der Waals surface area contributed by atoms with Gasteiger partial charge in [-0.2, -0.15) is 0 Å². The summed E-state index contributed by atoms with van der Waals surface area (Å²) < 4.78 is 13.7. The molecule has 0 bridgehead atoms. The standard InChI is InChI=1S/C25H34N6O3S/c1-16-23(22-17(2)29-34-18(22)3)27-24(28-25(16)30-9-11-31(35-5)12-10-30)19-7-6-8-21(13-19)33-15-20(32)14-26-4/h6-8,13,20,26,32H,9-12,14-15H2,1-5H3. The number of benzene rings is 1. The molecular formula is C25H34N6O3S. The van der Waals surface area contributed by atoms with E-state index in [1.807, 2.05) is 38.1 Å². The maximum absolute atomic E-state index is 10.0. The van der Waals surface area contributed by atoms with Crippen molar-refractivity contribution in [1.29, 1.82) is 0 Å². The molecule has 3 aromatic rings. The molecule has 0 aliphatic carbocycles. The van der Waals surface area contributed by atoms with E-state index in [0.717, 1.165) is 65.8 Å². The van der Waals surface area contributed by atoms with Crippen molar-refractivity contribution < 1.29 is 14.4 Å². The van der Waals surface area contributed by atoms with Crippen molar-refractivity contribution in [2.45, 2.75) is 26.9 Å². The van der Waals surface area contributed by atoms with Crippen LogP contribution in [0.5, 0.6) is 5.75 Å². The molecule has 0 spiro atoms. The molecule has 1 atom stereocenters. The number of rotatable bonds is 9. The number of aliphatic hydroxyl groups is 1. The van der Waals surface area contributed by atoms with Gasteiger partial charge in [0, 0.05) is 43.9 Å². The third kappa shape index (κ3) is 5.78. The molecule has 9 nitrogen and oxygen atoms in total. The van der Waals surface area contributed by atoms with Gasteiger partial charge in [0.2, 0.25) is 0 Å². The molecule has 1 aliphatic heterocycles. The minimum atomic E-state index is -0.586. The molecular weight excluding hydrogens is 464 g/mol. The van der Waals surface area contributed by atoms with E-state index in [-0.39, 0.29) is 6.61 Å². The molecule has 1 fully saturated rings. The predicted octanol–water partition coefficient (Wildman–Crippen LogP) is 3.08. The third-order valence-electron chi connectivity index (χ3n) is 6.16. The molecule has 0 saturated carbocycles. The first-order valence-electron chi connectivity index (χ1n) is 11.8. The minimum Gasteiger partial charge on any atom is -0.491 e. The van der Waals surface area contributed by atoms with E-state index in [1.165, 1.54) is 0 Å². The number of aromatic nitrogens is 3. The summed E-state index contributed by atoms with van der Waals surface area (Å²) in [6, 6.07) is 7.70. The van der Waals surface area contributed by atoms with Crippen LogP contribution in [0.1, 0.15) is 17.0 Å². The highest BCUT2D eigenvalue weighted by molar-refractivity contribution is 7.96. The first-order valence-corrected chi connectivity index (χ1v) is 13.0. The van der Waals surface area contributed by atoms with Crippen molar-refractivity contribution in [3.63, 3.8) is 0 Å². The zero-order valence-electron chi connectivity index (χ0n) is 21.0. The van der Waals surface area contributed by atoms with E-state index in [9.17, 15) is 5.11 Å². The molecule has 0 amide bonds. The average Bonchev–Trinajstić information content (AvgIpc) is 3.21. The number of aliphatic hydroxyl groups excluding tert-OH is 1. The Bertz CT molecular complexity index is 1130. The number of nitrogens with zero attached hydrogens (tertiary/aromatic N) is 5. The molecule has 10 heteroatoms. The molecule has 1 saturated heterocycles. The van der Waals surface area contributed by atoms with Crippen molar-refractivity contribution in [3.8, 4) is 28.4 Å². The lowest BCUT2D eigenvalue weighted by Gasteiger charge is -2.35. The number of ether oxygens (including phenoxy) is 1. The Hall–Kier alpha value is -2.66. The lowest BCUT2D eigenvalue weighted by molar-refractivity contribution is 0.108. The van der Waals surface area contributed by atoms with E-state index in [1.54, 1.807) is 19.0 Å². The number of nitrogens with one attached hydrogen (secondary N) is 1. The maximum Gasteiger partial charge on any atom is 0.162 e. The smallest absolute Gasteiger partial charge is 0.162 e. The molecule has 188 valence electrons. The van der Waals surface area contributed by atoms with E-state index < -0.39 is 6.10 Å². The molecule has 1 aromatic carbocycles. The fraction of sp³-hybridized carbons (Fsp3) is 0.480. The summed E-state index contributed by atoms with van der Waals surface area (Å²) in [7, 11) is 1.80. The van der Waals surface area contributed by atoms with Gasteiger partial charge in [-0.25, -0.2) is 14.3 Å². The van der Waals surface area contributed by atoms with E-state index in [4.69, 9.17) is 19.2 Å². The summed E-state index contributed by atoms with van der Waals surface area (Å²) in [5, 5.41) is 17.1. The molecule has 2 N–H and O–H groups in total. The molecule has 1 unspecified atom stereocenters. The zero-order chi connectivity index (χ0) is 24.9. The molecule has 0 radical (unpaired) electrons. The van der Waals surface area contributed by atoms with Gasteiger partial charge >= 0.3 is 0 Å². The number of hydrogen-bond acceptors (Lipinski definition) is 10. The summed E-state index contributed by atoms with van der Waals surface area (Å²) in [6.45, 7) is 10.3. The Labute approximate surface area is 211 Å². The first kappa shape index (κ1) is 25.4. The van der Waals surface area contributed by atoms with Crippen LogP contribution in [-0.4, -0.2) is 83.3 Å². The number of likely N-dealkylation sites (N-methyl/N-ethyl adjacent to an activating group) is 1. The second-order valence-corrected chi connectivity index (χ2v) is 9.57. The van der Waals surface area contributed by atoms with Crippen LogP contribution in [-0.2, 0) is 0 Å². The van der Waals surface area contributed by atoms with Crippen LogP contribution in [0, 0.1) is 20.8 Å². The number of hydrogen-bond donors (Lipinski definition) is 2. The second-order valence-electron chi connectivity index (χ2n) is 8.69. The Morgan fingerprint density at radius 2 is 1.94 bits per heavy atom. The zero-order valence-corrected chi connectivity index (χ0v) is 21.9. The van der Waals surface area contributed by atoms with Crippen LogP contribution in [0.25, 0.3) is 22.6 Å². The average molecular weight is 499 g/mol. The van der Waals surface area contributed by atoms with Gasteiger partial charge in [-0.15, -0.1) is 0 Å². The Kier molecular flexibility index (Phi) is 8.27. The molecule has 35 heavy (non-hydrogen) atoms. The van der Waals surface area contributed by atoms with Crippen molar-refractivity contribution >= 4 is 17.8 Å². The van der Waals surface area contributed by atoms with E-state index in [0.29, 0.717) is 18.1 Å². The van der Waals surface area contributed by atoms with Crippen molar-refractivity contribution in [1.82, 2.24) is 24.7 Å². The lowest BCUT2D eigenvalue weighted by Crippen LogP contribution is -2.44. The van der Waals surface area contributed by atoms with Gasteiger partial charge in [-0.1, -0.05) is 29.2 Å². The van der Waals surface area contributed by atoms with Gasteiger partial charge in [0.25, 0.3) is 0 Å². The fourth-order valence-electron chi connectivity index (χ4n) is 4.30. The van der Waals surface area contributed by atoms with Crippen LogP contribution < -0.4 is 15.0 Å². The van der Waals surface area contributed by atoms with Crippen molar-refractivity contribution in [3.05, 3.63) is 41.3 Å². The summed E-state index contributed by atoms with van der Waals surface area (Å²) in [5.74, 6) is 2.95. The summed E-state index contributed by atoms with van der Waals surface area (Å²) in [5.41, 5.74) is 4.43. The van der Waals surface area contributed by atoms with Crippen molar-refractivity contribution in [2.75, 3.05) is 57.5 Å². The quantitative estimate of drug-likeness (QED) is 0.428. The second kappa shape index (κ2) is 11.4. The number of aryl methyl sites for hydroxylation is 2.